The summed E-state index contributed by atoms with van der Waals surface area (Å²) in [7, 11) is 8.20. The smallest absolute Gasteiger partial charge is 0.223 e. The Labute approximate surface area is 183 Å². The normalized spacial score (nSPS) is 38.0. The monoisotopic (exact) mass is 433 g/mol. The van der Waals surface area contributed by atoms with Crippen LogP contribution in [0.4, 0.5) is 0 Å². The molecule has 1 saturated heterocycles. The number of carbonyl (C=O) groups is 1. The van der Waals surface area contributed by atoms with E-state index in [0.717, 1.165) is 5.56 Å². The van der Waals surface area contributed by atoms with Crippen LogP contribution in [0, 0.1) is 0 Å². The molecule has 1 aliphatic carbocycles. The molecule has 4 rings (SSSR count). The topological polar surface area (TPSA) is 75.7 Å². The molecule has 31 heavy (non-hydrogen) atoms. The van der Waals surface area contributed by atoms with Gasteiger partial charge in [-0.25, -0.2) is 0 Å². The minimum atomic E-state index is -1.19. The summed E-state index contributed by atoms with van der Waals surface area (Å²) in [5.41, 5.74) is 0.162. The zero-order valence-electron chi connectivity index (χ0n) is 19.1. The average Bonchev–Trinajstić information content (AvgIpc) is 3.09. The van der Waals surface area contributed by atoms with E-state index in [0.29, 0.717) is 11.5 Å². The number of benzene rings is 1. The summed E-state index contributed by atoms with van der Waals surface area (Å²) in [5, 5.41) is 0. The summed E-state index contributed by atoms with van der Waals surface area (Å²) < 4.78 is 36.2. The molecular weight excluding hydrogens is 402 g/mol. The van der Waals surface area contributed by atoms with Crippen molar-refractivity contribution in [2.24, 2.45) is 0 Å². The number of para-hydroxylation sites is 1. The first kappa shape index (κ1) is 22.1. The van der Waals surface area contributed by atoms with Gasteiger partial charge < -0.3 is 33.3 Å². The summed E-state index contributed by atoms with van der Waals surface area (Å²) in [6.45, 7) is 3.56. The third-order valence-electron chi connectivity index (χ3n) is 6.93. The zero-order valence-corrected chi connectivity index (χ0v) is 19.1. The van der Waals surface area contributed by atoms with Gasteiger partial charge >= 0.3 is 0 Å². The van der Waals surface area contributed by atoms with Crippen molar-refractivity contribution in [2.75, 3.05) is 35.4 Å². The Hall–Kier alpha value is -2.13. The first-order valence-electron chi connectivity index (χ1n) is 10.3. The van der Waals surface area contributed by atoms with E-state index in [-0.39, 0.29) is 12.3 Å². The highest BCUT2D eigenvalue weighted by Gasteiger charge is 2.64. The largest absolute Gasteiger partial charge is 0.493 e. The molecule has 0 N–H and O–H groups in total. The van der Waals surface area contributed by atoms with E-state index < -0.39 is 35.3 Å². The van der Waals surface area contributed by atoms with Gasteiger partial charge in [0.05, 0.1) is 12.5 Å². The maximum absolute atomic E-state index is 12.9. The van der Waals surface area contributed by atoms with Gasteiger partial charge in [-0.3, -0.25) is 4.79 Å². The van der Waals surface area contributed by atoms with Crippen LogP contribution in [0.3, 0.4) is 0 Å². The van der Waals surface area contributed by atoms with Crippen molar-refractivity contribution >= 4 is 5.91 Å². The van der Waals surface area contributed by atoms with Gasteiger partial charge in [0.2, 0.25) is 17.5 Å². The molecule has 2 aliphatic heterocycles. The van der Waals surface area contributed by atoms with Crippen LogP contribution in [0.5, 0.6) is 11.5 Å². The van der Waals surface area contributed by atoms with Crippen molar-refractivity contribution in [1.29, 1.82) is 0 Å². The number of amides is 1. The minimum Gasteiger partial charge on any atom is -0.493 e. The Morgan fingerprint density at radius 3 is 2.39 bits per heavy atom. The van der Waals surface area contributed by atoms with E-state index in [2.05, 4.69) is 0 Å². The molecule has 8 nitrogen and oxygen atoms in total. The third-order valence-corrected chi connectivity index (χ3v) is 6.93. The lowest BCUT2D eigenvalue weighted by Gasteiger charge is -2.55. The van der Waals surface area contributed by atoms with Gasteiger partial charge in [0.25, 0.3) is 0 Å². The van der Waals surface area contributed by atoms with Crippen LogP contribution in [0.25, 0.3) is 0 Å². The molecule has 1 amide bonds. The van der Waals surface area contributed by atoms with Crippen LogP contribution in [-0.4, -0.2) is 76.1 Å². The molecule has 2 heterocycles. The lowest BCUT2D eigenvalue weighted by molar-refractivity contribution is -0.449. The van der Waals surface area contributed by atoms with Crippen molar-refractivity contribution in [3.8, 4) is 11.5 Å². The zero-order chi connectivity index (χ0) is 22.6. The summed E-state index contributed by atoms with van der Waals surface area (Å²) in [5.74, 6) is -1.10. The van der Waals surface area contributed by atoms with Crippen molar-refractivity contribution < 1.29 is 33.2 Å². The Bertz CT molecular complexity index is 902. The molecule has 0 aromatic heterocycles. The van der Waals surface area contributed by atoms with E-state index in [4.69, 9.17) is 28.4 Å². The molecule has 170 valence electrons. The maximum atomic E-state index is 12.9. The van der Waals surface area contributed by atoms with Crippen LogP contribution in [0.15, 0.2) is 30.4 Å². The molecule has 0 spiro atoms. The molecule has 1 aromatic rings. The first-order valence-corrected chi connectivity index (χ1v) is 10.3. The van der Waals surface area contributed by atoms with Crippen LogP contribution in [0.1, 0.15) is 25.8 Å². The van der Waals surface area contributed by atoms with Crippen LogP contribution in [0.2, 0.25) is 0 Å². The molecule has 6 atom stereocenters. The number of hydrogen-bond donors (Lipinski definition) is 0. The summed E-state index contributed by atoms with van der Waals surface area (Å²) >= 11 is 0. The summed E-state index contributed by atoms with van der Waals surface area (Å²) in [6, 6.07) is 5.73. The van der Waals surface area contributed by atoms with E-state index in [1.807, 2.05) is 30.4 Å². The van der Waals surface area contributed by atoms with Gasteiger partial charge in [0, 0.05) is 40.3 Å². The predicted octanol–water partition coefficient (Wildman–Crippen LogP) is 2.25. The van der Waals surface area contributed by atoms with Crippen LogP contribution >= 0.6 is 0 Å². The van der Waals surface area contributed by atoms with Crippen LogP contribution < -0.4 is 9.47 Å². The Morgan fingerprint density at radius 2 is 1.77 bits per heavy atom. The van der Waals surface area contributed by atoms with E-state index >= 15 is 0 Å². The van der Waals surface area contributed by atoms with Crippen molar-refractivity contribution in [2.45, 2.75) is 55.6 Å². The van der Waals surface area contributed by atoms with Gasteiger partial charge in [-0.15, -0.1) is 0 Å². The Kier molecular flexibility index (Phi) is 5.33. The highest BCUT2D eigenvalue weighted by atomic mass is 16.8. The van der Waals surface area contributed by atoms with Crippen LogP contribution in [-0.2, 0) is 29.2 Å². The van der Waals surface area contributed by atoms with Gasteiger partial charge in [-0.05, 0) is 19.9 Å². The Morgan fingerprint density at radius 1 is 1.10 bits per heavy atom. The van der Waals surface area contributed by atoms with Gasteiger partial charge in [0.15, 0.2) is 11.5 Å². The van der Waals surface area contributed by atoms with Gasteiger partial charge in [-0.2, -0.15) is 0 Å². The minimum absolute atomic E-state index is 0.0136. The molecule has 0 saturated carbocycles. The van der Waals surface area contributed by atoms with E-state index in [1.54, 1.807) is 54.2 Å². The lowest BCUT2D eigenvalue weighted by Crippen LogP contribution is -2.69. The van der Waals surface area contributed by atoms with E-state index in [9.17, 15) is 4.79 Å². The fourth-order valence-electron chi connectivity index (χ4n) is 4.74. The molecule has 8 heteroatoms. The second kappa shape index (κ2) is 7.48. The maximum Gasteiger partial charge on any atom is 0.223 e. The second-order valence-electron chi connectivity index (χ2n) is 8.70. The molecule has 0 radical (unpaired) electrons. The SMILES string of the molecule is COc1cccc2c1O[C@@H]1[C@H]3O[C@](C)(OC)[C@@](C)(OC)O[C@@H]3C=C[C@]21CC(=O)N(C)C. The lowest BCUT2D eigenvalue weighted by atomic mass is 9.68. The predicted molar refractivity (Wildman–Crippen MR) is 112 cm³/mol. The quantitative estimate of drug-likeness (QED) is 0.660. The third kappa shape index (κ3) is 3.08. The molecule has 0 bridgehead atoms. The second-order valence-corrected chi connectivity index (χ2v) is 8.70. The van der Waals surface area contributed by atoms with Crippen molar-refractivity contribution in [1.82, 2.24) is 4.90 Å². The molecule has 1 aromatic carbocycles. The fourth-order valence-corrected chi connectivity index (χ4v) is 4.74. The van der Waals surface area contributed by atoms with Crippen molar-refractivity contribution in [3.63, 3.8) is 0 Å². The molecule has 0 unspecified atom stereocenters. The molecule has 1 fully saturated rings. The molecular formula is C23H31NO7. The standard InChI is InChI=1S/C23H31NO7/c1-21(27-6)22(2,28-7)31-19-16(30-21)11-12-23(13-17(25)24(3)4)14-9-8-10-15(26-5)18(14)29-20(19)23/h8-12,16,19-20H,13H2,1-7H3/t16-,19+,20-,21+,22+,23+/m1/s1. The summed E-state index contributed by atoms with van der Waals surface area (Å²) in [6.07, 6.45) is 2.67. The van der Waals surface area contributed by atoms with Gasteiger partial charge in [0.1, 0.15) is 18.3 Å². The fraction of sp³-hybridized carbons (Fsp3) is 0.609. The number of rotatable bonds is 5. The summed E-state index contributed by atoms with van der Waals surface area (Å²) in [4.78, 5) is 14.5. The van der Waals surface area contributed by atoms with Crippen molar-refractivity contribution in [3.05, 3.63) is 35.9 Å². The number of carbonyl (C=O) groups excluding carboxylic acids is 1. The Balaban J connectivity index is 1.83. The van der Waals surface area contributed by atoms with Gasteiger partial charge in [-0.1, -0.05) is 24.3 Å². The number of methoxy groups -OCH3 is 3. The average molecular weight is 434 g/mol. The van der Waals surface area contributed by atoms with E-state index in [1.165, 1.54) is 0 Å². The first-order chi connectivity index (χ1) is 14.6. The highest BCUT2D eigenvalue weighted by molar-refractivity contribution is 5.79. The number of ether oxygens (including phenoxy) is 6. The number of nitrogens with zero attached hydrogens (tertiary/aromatic N) is 1. The number of fused-ring (bicyclic) bond motifs is 5. The number of hydrogen-bond acceptors (Lipinski definition) is 7. The highest BCUT2D eigenvalue weighted by Crippen LogP contribution is 2.56. The molecule has 3 aliphatic rings.